The molecule has 0 amide bonds. The number of hydrogen-bond acceptors (Lipinski definition) is 3. The molecule has 0 bridgehead atoms. The van der Waals surface area contributed by atoms with E-state index < -0.39 is 0 Å². The molecule has 0 saturated carbocycles. The molecule has 1 N–H and O–H groups in total. The highest BCUT2D eigenvalue weighted by Crippen LogP contribution is 2.21. The van der Waals surface area contributed by atoms with E-state index in [0.717, 1.165) is 16.3 Å². The summed E-state index contributed by atoms with van der Waals surface area (Å²) in [5.41, 5.74) is 2.00. The number of aliphatic imine (C=N–C) groups is 1. The fourth-order valence-electron chi connectivity index (χ4n) is 1.11. The number of fused-ring (bicyclic) bond motifs is 1. The summed E-state index contributed by atoms with van der Waals surface area (Å²) in [6.07, 6.45) is 1.42. The Hall–Kier alpha value is -1.35. The molecular weight excluding hydrogens is 140 g/mol. The van der Waals surface area contributed by atoms with Crippen molar-refractivity contribution in [2.24, 2.45) is 4.99 Å². The van der Waals surface area contributed by atoms with Crippen molar-refractivity contribution in [1.29, 1.82) is 0 Å². The second-order valence-electron chi connectivity index (χ2n) is 2.47. The van der Waals surface area contributed by atoms with E-state index in [1.807, 2.05) is 24.3 Å². The van der Waals surface area contributed by atoms with Crippen LogP contribution in [0.5, 0.6) is 0 Å². The van der Waals surface area contributed by atoms with Gasteiger partial charge >= 0.3 is 0 Å². The Kier molecular flexibility index (Phi) is 1.36. The van der Waals surface area contributed by atoms with Gasteiger partial charge in [-0.2, -0.15) is 0 Å². The highest BCUT2D eigenvalue weighted by Gasteiger charge is 2.07. The summed E-state index contributed by atoms with van der Waals surface area (Å²) in [5.74, 6) is 0. The molecule has 0 unspecified atom stereocenters. The van der Waals surface area contributed by atoms with E-state index in [2.05, 4.69) is 4.99 Å². The van der Waals surface area contributed by atoms with Gasteiger partial charge in [0.1, 0.15) is 6.34 Å². The van der Waals surface area contributed by atoms with Crippen LogP contribution in [-0.2, 0) is 6.54 Å². The summed E-state index contributed by atoms with van der Waals surface area (Å²) in [7, 11) is 0. The van der Waals surface area contributed by atoms with Crippen molar-refractivity contribution in [3.63, 3.8) is 0 Å². The highest BCUT2D eigenvalue weighted by atomic mass is 16.5. The Bertz CT molecular complexity index is 296. The van der Waals surface area contributed by atoms with Crippen molar-refractivity contribution >= 4 is 12.0 Å². The number of benzene rings is 1. The number of hydrogen-bond donors (Lipinski definition) is 1. The first kappa shape index (κ1) is 6.37. The summed E-state index contributed by atoms with van der Waals surface area (Å²) in [5, 5.41) is 10.1. The first-order valence-corrected chi connectivity index (χ1v) is 3.44. The predicted molar refractivity (Wildman–Crippen MR) is 41.9 cm³/mol. The largest absolute Gasteiger partial charge is 0.287 e. The smallest absolute Gasteiger partial charge is 0.116 e. The first-order chi connectivity index (χ1) is 5.36. The van der Waals surface area contributed by atoms with Gasteiger partial charge < -0.3 is 0 Å². The van der Waals surface area contributed by atoms with Gasteiger partial charge in [-0.1, -0.05) is 18.2 Å². The van der Waals surface area contributed by atoms with Crippen LogP contribution in [-0.4, -0.2) is 16.6 Å². The Labute approximate surface area is 64.6 Å². The zero-order chi connectivity index (χ0) is 7.68. The Balaban J connectivity index is 2.46. The molecule has 0 radical (unpaired) electrons. The summed E-state index contributed by atoms with van der Waals surface area (Å²) in [4.78, 5) is 4.02. The van der Waals surface area contributed by atoms with E-state index in [0.29, 0.717) is 6.54 Å². The van der Waals surface area contributed by atoms with Gasteiger partial charge in [0.25, 0.3) is 0 Å². The lowest BCUT2D eigenvalue weighted by Gasteiger charge is -2.16. The van der Waals surface area contributed by atoms with Crippen molar-refractivity contribution in [2.45, 2.75) is 6.54 Å². The molecule has 2 rings (SSSR count). The summed E-state index contributed by atoms with van der Waals surface area (Å²) >= 11 is 0. The van der Waals surface area contributed by atoms with Crippen LogP contribution in [0.15, 0.2) is 29.3 Å². The Morgan fingerprint density at radius 3 is 3.09 bits per heavy atom. The maximum Gasteiger partial charge on any atom is 0.116 e. The monoisotopic (exact) mass is 148 g/mol. The topological polar surface area (TPSA) is 35.8 Å². The van der Waals surface area contributed by atoms with Crippen LogP contribution >= 0.6 is 0 Å². The van der Waals surface area contributed by atoms with E-state index in [4.69, 9.17) is 5.21 Å². The third kappa shape index (κ3) is 1.10. The van der Waals surface area contributed by atoms with Gasteiger partial charge in [-0.25, -0.2) is 10.1 Å². The second-order valence-corrected chi connectivity index (χ2v) is 2.47. The standard InChI is InChI=1S/C8H8N2O/c11-10-5-7-3-1-2-4-8(7)9-6-10/h1-4,6,11H,5H2. The van der Waals surface area contributed by atoms with Crippen LogP contribution in [0, 0.1) is 0 Å². The molecule has 0 atom stereocenters. The predicted octanol–water partition coefficient (Wildman–Crippen LogP) is 1.55. The third-order valence-electron chi connectivity index (χ3n) is 1.65. The van der Waals surface area contributed by atoms with E-state index in [9.17, 15) is 0 Å². The van der Waals surface area contributed by atoms with Crippen LogP contribution in [0.4, 0.5) is 5.69 Å². The van der Waals surface area contributed by atoms with Crippen molar-refractivity contribution in [3.05, 3.63) is 29.8 Å². The van der Waals surface area contributed by atoms with E-state index >= 15 is 0 Å². The molecule has 0 spiro atoms. The van der Waals surface area contributed by atoms with Crippen LogP contribution < -0.4 is 0 Å². The van der Waals surface area contributed by atoms with Crippen LogP contribution in [0.1, 0.15) is 5.56 Å². The van der Waals surface area contributed by atoms with Gasteiger partial charge in [0.15, 0.2) is 0 Å². The fourth-order valence-corrected chi connectivity index (χ4v) is 1.11. The minimum Gasteiger partial charge on any atom is -0.287 e. The SMILES string of the molecule is ON1C=Nc2ccccc2C1. The average Bonchev–Trinajstić information content (AvgIpc) is 2.04. The maximum atomic E-state index is 9.04. The molecule has 0 aromatic heterocycles. The number of hydroxylamine groups is 2. The lowest BCUT2D eigenvalue weighted by atomic mass is 10.1. The normalized spacial score (nSPS) is 14.8. The molecule has 1 aliphatic rings. The van der Waals surface area contributed by atoms with Crippen molar-refractivity contribution in [1.82, 2.24) is 5.06 Å². The molecule has 1 aliphatic heterocycles. The number of rotatable bonds is 0. The zero-order valence-electron chi connectivity index (χ0n) is 5.94. The van der Waals surface area contributed by atoms with E-state index in [1.54, 1.807) is 0 Å². The lowest BCUT2D eigenvalue weighted by molar-refractivity contribution is -0.0178. The molecule has 0 saturated heterocycles. The fraction of sp³-hybridized carbons (Fsp3) is 0.125. The molecular formula is C8H8N2O. The highest BCUT2D eigenvalue weighted by molar-refractivity contribution is 5.65. The Morgan fingerprint density at radius 1 is 1.36 bits per heavy atom. The molecule has 1 aromatic carbocycles. The third-order valence-corrected chi connectivity index (χ3v) is 1.65. The van der Waals surface area contributed by atoms with Crippen molar-refractivity contribution in [2.75, 3.05) is 0 Å². The average molecular weight is 148 g/mol. The first-order valence-electron chi connectivity index (χ1n) is 3.44. The van der Waals surface area contributed by atoms with Crippen LogP contribution in [0.25, 0.3) is 0 Å². The second kappa shape index (κ2) is 2.36. The quantitative estimate of drug-likeness (QED) is 0.606. The van der Waals surface area contributed by atoms with E-state index in [-0.39, 0.29) is 0 Å². The number of nitrogens with zero attached hydrogens (tertiary/aromatic N) is 2. The lowest BCUT2D eigenvalue weighted by Crippen LogP contribution is -2.18. The molecule has 56 valence electrons. The molecule has 1 heterocycles. The van der Waals surface area contributed by atoms with Crippen molar-refractivity contribution < 1.29 is 5.21 Å². The van der Waals surface area contributed by atoms with Gasteiger partial charge in [-0.05, 0) is 11.6 Å². The molecule has 1 aromatic rings. The van der Waals surface area contributed by atoms with Gasteiger partial charge in [0.05, 0.1) is 12.2 Å². The van der Waals surface area contributed by atoms with Crippen LogP contribution in [0.3, 0.4) is 0 Å². The molecule has 0 aliphatic carbocycles. The van der Waals surface area contributed by atoms with Crippen LogP contribution in [0.2, 0.25) is 0 Å². The summed E-state index contributed by atoms with van der Waals surface area (Å²) < 4.78 is 0. The van der Waals surface area contributed by atoms with E-state index in [1.165, 1.54) is 6.34 Å². The molecule has 3 heteroatoms. The minimum absolute atomic E-state index is 0.527. The summed E-state index contributed by atoms with van der Waals surface area (Å²) in [6.45, 7) is 0.527. The minimum atomic E-state index is 0.527. The molecule has 3 nitrogen and oxygen atoms in total. The molecule has 11 heavy (non-hydrogen) atoms. The van der Waals surface area contributed by atoms with Crippen molar-refractivity contribution in [3.8, 4) is 0 Å². The Morgan fingerprint density at radius 2 is 2.18 bits per heavy atom. The van der Waals surface area contributed by atoms with Gasteiger partial charge in [0, 0.05) is 0 Å². The van der Waals surface area contributed by atoms with Gasteiger partial charge in [0.2, 0.25) is 0 Å². The zero-order valence-corrected chi connectivity index (χ0v) is 5.94. The summed E-state index contributed by atoms with van der Waals surface area (Å²) in [6, 6.07) is 7.75. The maximum absolute atomic E-state index is 9.04. The molecule has 0 fully saturated rings. The number of para-hydroxylation sites is 1. The van der Waals surface area contributed by atoms with Gasteiger partial charge in [-0.3, -0.25) is 5.21 Å². The van der Waals surface area contributed by atoms with Gasteiger partial charge in [-0.15, -0.1) is 0 Å².